The highest BCUT2D eigenvalue weighted by atomic mass is 16.5. The highest BCUT2D eigenvalue weighted by Gasteiger charge is 2.49. The van der Waals surface area contributed by atoms with E-state index in [1.54, 1.807) is 41.9 Å². The molecule has 1 aliphatic heterocycles. The summed E-state index contributed by atoms with van der Waals surface area (Å²) in [5, 5.41) is 8.81. The number of hydrogen-bond donors (Lipinski definition) is 2. The largest absolute Gasteiger partial charge is 0.480 e. The van der Waals surface area contributed by atoms with Crippen LogP contribution < -0.4 is 15.1 Å². The van der Waals surface area contributed by atoms with Crippen LogP contribution in [0.4, 0.5) is 5.69 Å². The van der Waals surface area contributed by atoms with Crippen molar-refractivity contribution in [2.45, 2.75) is 25.7 Å². The first-order chi connectivity index (χ1) is 13.1. The second-order valence-electron chi connectivity index (χ2n) is 7.12. The van der Waals surface area contributed by atoms with Gasteiger partial charge in [0.2, 0.25) is 11.8 Å². The number of nitrogens with zero attached hydrogens (tertiary/aromatic N) is 2. The second kappa shape index (κ2) is 6.66. The molecule has 7 heteroatoms. The maximum absolute atomic E-state index is 13.3. The lowest BCUT2D eigenvalue weighted by Gasteiger charge is -2.33. The summed E-state index contributed by atoms with van der Waals surface area (Å²) in [6.07, 6.45) is 4.55. The number of benzene rings is 1. The van der Waals surface area contributed by atoms with Gasteiger partial charge in [0.25, 0.3) is 5.91 Å². The summed E-state index contributed by atoms with van der Waals surface area (Å²) in [4.78, 5) is 30.9. The monoisotopic (exact) mass is 367 g/mol. The molecule has 0 radical (unpaired) electrons. The van der Waals surface area contributed by atoms with Gasteiger partial charge in [-0.3, -0.25) is 14.8 Å². The fourth-order valence-electron chi connectivity index (χ4n) is 4.26. The van der Waals surface area contributed by atoms with Gasteiger partial charge in [0, 0.05) is 18.3 Å². The Morgan fingerprint density at radius 2 is 2.15 bits per heavy atom. The highest BCUT2D eigenvalue weighted by Crippen LogP contribution is 2.46. The first-order valence-corrected chi connectivity index (χ1v) is 8.95. The zero-order chi connectivity index (χ0) is 19.0. The molecule has 1 spiro atoms. The molecular formula is C20H21N3O4. The van der Waals surface area contributed by atoms with Gasteiger partial charge in [-0.2, -0.15) is 0 Å². The van der Waals surface area contributed by atoms with Crippen molar-refractivity contribution < 1.29 is 19.5 Å². The lowest BCUT2D eigenvalue weighted by Crippen LogP contribution is -2.39. The maximum atomic E-state index is 13.3. The number of nitrogens with one attached hydrogen (secondary N) is 1. The molecule has 1 saturated heterocycles. The Labute approximate surface area is 156 Å². The van der Waals surface area contributed by atoms with Crippen molar-refractivity contribution in [1.29, 1.82) is 0 Å². The molecule has 1 atom stereocenters. The van der Waals surface area contributed by atoms with Crippen LogP contribution in [0.3, 0.4) is 0 Å². The standard InChI is InChI=1S/C20H21N3O4/c1-27-18-16(3-2-9-21-18)23-10-8-20(19(23)25)7-6-13-11-14(17(24)22-26)4-5-15(13)12-20/h2-5,9,11,26H,6-8,10,12H2,1H3,(H,22,24). The summed E-state index contributed by atoms with van der Waals surface area (Å²) in [5.41, 5.74) is 4.52. The predicted octanol–water partition coefficient (Wildman–Crippen LogP) is 2.12. The van der Waals surface area contributed by atoms with Gasteiger partial charge in [-0.05, 0) is 61.1 Å². The van der Waals surface area contributed by atoms with E-state index >= 15 is 0 Å². The Balaban J connectivity index is 1.61. The van der Waals surface area contributed by atoms with E-state index in [1.165, 1.54) is 0 Å². The Kier molecular flexibility index (Phi) is 4.31. The molecule has 1 aliphatic carbocycles. The van der Waals surface area contributed by atoms with Gasteiger partial charge >= 0.3 is 0 Å². The summed E-state index contributed by atoms with van der Waals surface area (Å²) < 4.78 is 5.32. The lowest BCUT2D eigenvalue weighted by molar-refractivity contribution is -0.126. The van der Waals surface area contributed by atoms with Crippen LogP contribution in [0.5, 0.6) is 5.88 Å². The van der Waals surface area contributed by atoms with E-state index in [0.29, 0.717) is 30.1 Å². The molecule has 1 aromatic heterocycles. The minimum Gasteiger partial charge on any atom is -0.480 e. The van der Waals surface area contributed by atoms with E-state index < -0.39 is 11.3 Å². The van der Waals surface area contributed by atoms with Gasteiger partial charge in [-0.15, -0.1) is 0 Å². The van der Waals surface area contributed by atoms with Gasteiger partial charge in [0.15, 0.2) is 0 Å². The van der Waals surface area contributed by atoms with Gasteiger partial charge in [-0.1, -0.05) is 6.07 Å². The quantitative estimate of drug-likeness (QED) is 0.640. The summed E-state index contributed by atoms with van der Waals surface area (Å²) in [6, 6.07) is 9.04. The zero-order valence-electron chi connectivity index (χ0n) is 15.1. The second-order valence-corrected chi connectivity index (χ2v) is 7.12. The number of aryl methyl sites for hydroxylation is 1. The first kappa shape index (κ1) is 17.5. The molecule has 140 valence electrons. The number of methoxy groups -OCH3 is 1. The van der Waals surface area contributed by atoms with Crippen molar-refractivity contribution in [2.24, 2.45) is 5.41 Å². The van der Waals surface area contributed by atoms with E-state index in [9.17, 15) is 9.59 Å². The number of fused-ring (bicyclic) bond motifs is 1. The van der Waals surface area contributed by atoms with Crippen LogP contribution in [0, 0.1) is 5.41 Å². The van der Waals surface area contributed by atoms with Gasteiger partial charge in [0.05, 0.1) is 12.5 Å². The zero-order valence-corrected chi connectivity index (χ0v) is 15.1. The number of amides is 2. The summed E-state index contributed by atoms with van der Waals surface area (Å²) >= 11 is 0. The normalized spacial score (nSPS) is 21.3. The van der Waals surface area contributed by atoms with E-state index in [4.69, 9.17) is 9.94 Å². The van der Waals surface area contributed by atoms with E-state index in [0.717, 1.165) is 30.4 Å². The molecule has 2 amide bonds. The number of hydroxylamine groups is 1. The van der Waals surface area contributed by atoms with Crippen LogP contribution in [0.25, 0.3) is 0 Å². The third kappa shape index (κ3) is 2.84. The summed E-state index contributed by atoms with van der Waals surface area (Å²) in [5.74, 6) is 0.0419. The van der Waals surface area contributed by atoms with Crippen molar-refractivity contribution in [2.75, 3.05) is 18.6 Å². The minimum atomic E-state index is -0.523. The minimum absolute atomic E-state index is 0.108. The molecule has 2 heterocycles. The Bertz CT molecular complexity index is 914. The number of carbonyl (C=O) groups is 2. The van der Waals surface area contributed by atoms with E-state index in [1.807, 2.05) is 12.1 Å². The smallest absolute Gasteiger partial charge is 0.274 e. The average Bonchev–Trinajstić information content (AvgIpc) is 3.02. The molecule has 0 saturated carbocycles. The number of anilines is 1. The molecule has 27 heavy (non-hydrogen) atoms. The van der Waals surface area contributed by atoms with Crippen LogP contribution >= 0.6 is 0 Å². The molecule has 1 aromatic carbocycles. The van der Waals surface area contributed by atoms with Crippen LogP contribution in [-0.2, 0) is 17.6 Å². The fraction of sp³-hybridized carbons (Fsp3) is 0.350. The number of carbonyl (C=O) groups excluding carboxylic acids is 2. The Hall–Kier alpha value is -2.93. The van der Waals surface area contributed by atoms with Crippen molar-refractivity contribution in [3.63, 3.8) is 0 Å². The van der Waals surface area contributed by atoms with Crippen LogP contribution in [0.15, 0.2) is 36.5 Å². The van der Waals surface area contributed by atoms with Crippen LogP contribution in [0.2, 0.25) is 0 Å². The fourth-order valence-corrected chi connectivity index (χ4v) is 4.26. The average molecular weight is 367 g/mol. The van der Waals surface area contributed by atoms with Crippen molar-refractivity contribution >= 4 is 17.5 Å². The summed E-state index contributed by atoms with van der Waals surface area (Å²) in [7, 11) is 1.55. The molecule has 1 unspecified atom stereocenters. The topological polar surface area (TPSA) is 91.8 Å². The predicted molar refractivity (Wildman–Crippen MR) is 97.9 cm³/mol. The van der Waals surface area contributed by atoms with Gasteiger partial charge in [0.1, 0.15) is 5.69 Å². The number of ether oxygens (including phenoxy) is 1. The van der Waals surface area contributed by atoms with Crippen molar-refractivity contribution in [3.05, 3.63) is 53.2 Å². The molecule has 2 aromatic rings. The molecule has 2 aliphatic rings. The third-order valence-electron chi connectivity index (χ3n) is 5.72. The molecule has 0 bridgehead atoms. The molecule has 1 fully saturated rings. The molecular weight excluding hydrogens is 346 g/mol. The molecule has 2 N–H and O–H groups in total. The highest BCUT2D eigenvalue weighted by molar-refractivity contribution is 6.01. The van der Waals surface area contributed by atoms with Gasteiger partial charge in [-0.25, -0.2) is 10.5 Å². The molecule has 4 rings (SSSR count). The first-order valence-electron chi connectivity index (χ1n) is 8.95. The van der Waals surface area contributed by atoms with Crippen molar-refractivity contribution in [1.82, 2.24) is 10.5 Å². The van der Waals surface area contributed by atoms with Gasteiger partial charge < -0.3 is 9.64 Å². The third-order valence-corrected chi connectivity index (χ3v) is 5.72. The Morgan fingerprint density at radius 3 is 2.93 bits per heavy atom. The van der Waals surface area contributed by atoms with Crippen LogP contribution in [-0.4, -0.2) is 35.7 Å². The SMILES string of the molecule is COc1ncccc1N1CCC2(CCc3cc(C(=O)NO)ccc3C2)C1=O. The Morgan fingerprint density at radius 1 is 1.30 bits per heavy atom. The number of pyridine rings is 1. The van der Waals surface area contributed by atoms with Crippen molar-refractivity contribution in [3.8, 4) is 5.88 Å². The van der Waals surface area contributed by atoms with E-state index in [-0.39, 0.29) is 5.91 Å². The number of rotatable bonds is 3. The van der Waals surface area contributed by atoms with Crippen LogP contribution in [0.1, 0.15) is 34.3 Å². The number of aromatic nitrogens is 1. The number of hydrogen-bond acceptors (Lipinski definition) is 5. The maximum Gasteiger partial charge on any atom is 0.274 e. The summed E-state index contributed by atoms with van der Waals surface area (Å²) in [6.45, 7) is 0.640. The van der Waals surface area contributed by atoms with E-state index in [2.05, 4.69) is 4.98 Å². The molecule has 7 nitrogen and oxygen atoms in total. The lowest BCUT2D eigenvalue weighted by atomic mass is 9.70.